The number of amides is 1. The number of pyridine rings is 1. The van der Waals surface area contributed by atoms with Gasteiger partial charge in [0.05, 0.1) is 18.1 Å². The molecule has 0 saturated carbocycles. The number of aromatic nitrogens is 1. The molecule has 0 aliphatic heterocycles. The van der Waals surface area contributed by atoms with Crippen LogP contribution in [-0.2, 0) is 24.4 Å². The minimum Gasteiger partial charge on any atom is -0.387 e. The van der Waals surface area contributed by atoms with Gasteiger partial charge in [-0.2, -0.15) is 0 Å². The first-order chi connectivity index (χ1) is 17.5. The normalized spacial score (nSPS) is 12.1. The van der Waals surface area contributed by atoms with Crippen LogP contribution >= 0.6 is 22.9 Å². The van der Waals surface area contributed by atoms with E-state index in [9.17, 15) is 14.7 Å². The molecule has 0 spiro atoms. The van der Waals surface area contributed by atoms with Gasteiger partial charge in [0.1, 0.15) is 10.4 Å². The van der Waals surface area contributed by atoms with Crippen LogP contribution in [0.3, 0.4) is 0 Å². The third kappa shape index (κ3) is 6.40. The van der Waals surface area contributed by atoms with Crippen molar-refractivity contribution in [2.75, 3.05) is 20.3 Å². The van der Waals surface area contributed by atoms with Crippen molar-refractivity contribution in [1.82, 2.24) is 15.2 Å². The van der Waals surface area contributed by atoms with Gasteiger partial charge in [0.2, 0.25) is 5.43 Å². The highest BCUT2D eigenvalue weighted by Gasteiger charge is 2.18. The van der Waals surface area contributed by atoms with E-state index in [2.05, 4.69) is 10.6 Å². The number of hydrogen-bond donors (Lipinski definition) is 3. The van der Waals surface area contributed by atoms with Crippen LogP contribution in [0.5, 0.6) is 0 Å². The summed E-state index contributed by atoms with van der Waals surface area (Å²) in [5, 5.41) is 17.6. The fourth-order valence-electron chi connectivity index (χ4n) is 3.84. The molecule has 1 amide bonds. The Labute approximate surface area is 218 Å². The van der Waals surface area contributed by atoms with Crippen LogP contribution in [0, 0.1) is 0 Å². The van der Waals surface area contributed by atoms with Crippen molar-refractivity contribution >= 4 is 39.1 Å². The smallest absolute Gasteiger partial charge is 0.257 e. The Morgan fingerprint density at radius 2 is 1.89 bits per heavy atom. The first-order valence-corrected chi connectivity index (χ1v) is 12.8. The molecule has 0 saturated heterocycles. The maximum absolute atomic E-state index is 13.3. The molecule has 0 aliphatic carbocycles. The van der Waals surface area contributed by atoms with Gasteiger partial charge in [-0.3, -0.25) is 9.59 Å². The van der Waals surface area contributed by atoms with E-state index in [4.69, 9.17) is 16.3 Å². The van der Waals surface area contributed by atoms with Gasteiger partial charge in [0.25, 0.3) is 5.91 Å². The van der Waals surface area contributed by atoms with Crippen molar-refractivity contribution in [3.8, 4) is 0 Å². The number of aliphatic hydroxyl groups is 1. The largest absolute Gasteiger partial charge is 0.387 e. The molecule has 188 valence electrons. The lowest BCUT2D eigenvalue weighted by Gasteiger charge is -2.11. The molecular formula is C27H28ClN3O4S. The Morgan fingerprint density at radius 3 is 2.61 bits per heavy atom. The Bertz CT molecular complexity index is 1370. The van der Waals surface area contributed by atoms with Gasteiger partial charge in [-0.15, -0.1) is 11.3 Å². The number of aliphatic hydroxyl groups excluding tert-OH is 1. The van der Waals surface area contributed by atoms with Crippen LogP contribution < -0.4 is 16.1 Å². The van der Waals surface area contributed by atoms with Crippen LogP contribution in [0.25, 0.3) is 10.2 Å². The van der Waals surface area contributed by atoms with E-state index in [0.717, 1.165) is 20.8 Å². The van der Waals surface area contributed by atoms with E-state index in [1.807, 2.05) is 53.1 Å². The number of nitrogens with zero attached hydrogens (tertiary/aromatic N) is 1. The van der Waals surface area contributed by atoms with Gasteiger partial charge in [0, 0.05) is 49.4 Å². The number of benzene rings is 2. The number of carbonyl (C=O) groups is 1. The van der Waals surface area contributed by atoms with E-state index in [1.165, 1.54) is 11.3 Å². The summed E-state index contributed by atoms with van der Waals surface area (Å²) in [4.78, 5) is 27.9. The van der Waals surface area contributed by atoms with E-state index in [-0.39, 0.29) is 17.5 Å². The molecule has 2 aromatic carbocycles. The molecule has 1 unspecified atom stereocenters. The van der Waals surface area contributed by atoms with Crippen molar-refractivity contribution in [1.29, 1.82) is 0 Å². The predicted molar refractivity (Wildman–Crippen MR) is 144 cm³/mol. The quantitative estimate of drug-likeness (QED) is 0.274. The lowest BCUT2D eigenvalue weighted by atomic mass is 10.1. The summed E-state index contributed by atoms with van der Waals surface area (Å²) in [5.41, 5.74) is 1.51. The van der Waals surface area contributed by atoms with Gasteiger partial charge in [-0.05, 0) is 29.3 Å². The van der Waals surface area contributed by atoms with Gasteiger partial charge >= 0.3 is 0 Å². The number of halogens is 1. The molecule has 1 atom stereocenters. The van der Waals surface area contributed by atoms with Gasteiger partial charge in [0.15, 0.2) is 0 Å². The fraction of sp³-hybridized carbons (Fsp3) is 0.259. The minimum absolute atomic E-state index is 0.0874. The Balaban J connectivity index is 1.52. The summed E-state index contributed by atoms with van der Waals surface area (Å²) in [7, 11) is 1.61. The summed E-state index contributed by atoms with van der Waals surface area (Å²) >= 11 is 7.41. The average molecular weight is 526 g/mol. The Kier molecular flexibility index (Phi) is 8.90. The number of carbonyl (C=O) groups excluding carboxylic acids is 1. The van der Waals surface area contributed by atoms with Gasteiger partial charge in [-0.25, -0.2) is 0 Å². The molecule has 2 aromatic heterocycles. The van der Waals surface area contributed by atoms with Crippen LogP contribution in [-0.4, -0.2) is 35.8 Å². The standard InChI is InChI=1S/C27H28ClN3O4S/c1-35-12-11-31-17-23(26(34)30-14-18-7-9-20(28)10-8-18)25(33)22-13-21(36-27(22)31)15-29-16-24(32)19-5-3-2-4-6-19/h2-10,13,17,24,29,32H,11-12,14-16H2,1H3,(H,30,34). The highest BCUT2D eigenvalue weighted by Crippen LogP contribution is 2.24. The molecule has 9 heteroatoms. The van der Waals surface area contributed by atoms with E-state index in [0.29, 0.717) is 36.7 Å². The fourth-order valence-corrected chi connectivity index (χ4v) is 5.08. The maximum Gasteiger partial charge on any atom is 0.257 e. The van der Waals surface area contributed by atoms with Crippen LogP contribution in [0.2, 0.25) is 5.02 Å². The Morgan fingerprint density at radius 1 is 1.14 bits per heavy atom. The minimum atomic E-state index is -0.627. The lowest BCUT2D eigenvalue weighted by Crippen LogP contribution is -2.29. The second kappa shape index (κ2) is 12.3. The summed E-state index contributed by atoms with van der Waals surface area (Å²) in [5.74, 6) is -0.431. The zero-order valence-corrected chi connectivity index (χ0v) is 21.4. The highest BCUT2D eigenvalue weighted by molar-refractivity contribution is 7.18. The molecule has 0 bridgehead atoms. The third-order valence-electron chi connectivity index (χ3n) is 5.77. The molecule has 0 radical (unpaired) electrons. The van der Waals surface area contributed by atoms with Crippen LogP contribution in [0.1, 0.15) is 32.5 Å². The highest BCUT2D eigenvalue weighted by atomic mass is 35.5. The molecule has 4 aromatic rings. The molecule has 2 heterocycles. The monoisotopic (exact) mass is 525 g/mol. The summed E-state index contributed by atoms with van der Waals surface area (Å²) in [6.45, 7) is 2.10. The van der Waals surface area contributed by atoms with Crippen molar-refractivity contribution in [3.63, 3.8) is 0 Å². The predicted octanol–water partition coefficient (Wildman–Crippen LogP) is 4.12. The van der Waals surface area contributed by atoms with E-state index >= 15 is 0 Å². The Hall–Kier alpha value is -3.01. The summed E-state index contributed by atoms with van der Waals surface area (Å²) < 4.78 is 7.13. The molecule has 3 N–H and O–H groups in total. The van der Waals surface area contributed by atoms with Crippen molar-refractivity contribution < 1.29 is 14.6 Å². The second-order valence-corrected chi connectivity index (χ2v) is 9.91. The van der Waals surface area contributed by atoms with E-state index < -0.39 is 12.0 Å². The molecule has 4 rings (SSSR count). The molecule has 0 aliphatic rings. The number of rotatable bonds is 11. The number of ether oxygens (including phenoxy) is 1. The SMILES string of the molecule is COCCn1cc(C(=O)NCc2ccc(Cl)cc2)c(=O)c2cc(CNCC(O)c3ccccc3)sc21. The maximum atomic E-state index is 13.3. The second-order valence-electron chi connectivity index (χ2n) is 8.36. The topological polar surface area (TPSA) is 92.6 Å². The van der Waals surface area contributed by atoms with Crippen LogP contribution in [0.4, 0.5) is 0 Å². The van der Waals surface area contributed by atoms with Gasteiger partial charge in [-0.1, -0.05) is 54.1 Å². The van der Waals surface area contributed by atoms with Crippen molar-refractivity contribution in [2.24, 2.45) is 0 Å². The molecule has 7 nitrogen and oxygen atoms in total. The summed E-state index contributed by atoms with van der Waals surface area (Å²) in [6.07, 6.45) is 0.978. The number of nitrogens with one attached hydrogen (secondary N) is 2. The summed E-state index contributed by atoms with van der Waals surface area (Å²) in [6, 6.07) is 18.5. The first kappa shape index (κ1) is 26.1. The zero-order chi connectivity index (χ0) is 25.5. The zero-order valence-electron chi connectivity index (χ0n) is 19.9. The lowest BCUT2D eigenvalue weighted by molar-refractivity contribution is 0.0949. The number of hydrogen-bond acceptors (Lipinski definition) is 6. The van der Waals surface area contributed by atoms with Crippen LogP contribution in [0.15, 0.2) is 71.7 Å². The van der Waals surface area contributed by atoms with Crippen molar-refractivity contribution in [3.05, 3.63) is 104 Å². The number of thiophene rings is 1. The molecular weight excluding hydrogens is 498 g/mol. The number of fused-ring (bicyclic) bond motifs is 1. The third-order valence-corrected chi connectivity index (χ3v) is 7.19. The first-order valence-electron chi connectivity index (χ1n) is 11.6. The average Bonchev–Trinajstić information content (AvgIpc) is 3.33. The molecule has 0 fully saturated rings. The number of methoxy groups -OCH3 is 1. The van der Waals surface area contributed by atoms with E-state index in [1.54, 1.807) is 25.4 Å². The molecule has 36 heavy (non-hydrogen) atoms. The van der Waals surface area contributed by atoms with Crippen molar-refractivity contribution in [2.45, 2.75) is 25.7 Å². The van der Waals surface area contributed by atoms with Gasteiger partial charge < -0.3 is 25.0 Å².